The smallest absolute Gasteiger partial charge is 0.459 e. The van der Waals surface area contributed by atoms with Crippen molar-refractivity contribution in [3.63, 3.8) is 0 Å². The van der Waals surface area contributed by atoms with Gasteiger partial charge in [0.05, 0.1) is 19.0 Å². The molecule has 4 rings (SSSR count). The number of hydrogen-bond donors (Lipinski definition) is 4. The van der Waals surface area contributed by atoms with Crippen molar-refractivity contribution in [3.8, 4) is 5.75 Å². The fourth-order valence-electron chi connectivity index (χ4n) is 3.94. The maximum atomic E-state index is 16.6. The first-order valence-corrected chi connectivity index (χ1v) is 13.8. The maximum absolute atomic E-state index is 16.6. The second kappa shape index (κ2) is 11.6. The van der Waals surface area contributed by atoms with Gasteiger partial charge in [0.25, 0.3) is 0 Å². The lowest BCUT2D eigenvalue weighted by molar-refractivity contribution is -0.149. The summed E-state index contributed by atoms with van der Waals surface area (Å²) in [5, 5.41) is 16.3. The van der Waals surface area contributed by atoms with Crippen molar-refractivity contribution in [3.05, 3.63) is 36.7 Å². The van der Waals surface area contributed by atoms with Gasteiger partial charge in [-0.1, -0.05) is 18.2 Å². The van der Waals surface area contributed by atoms with Crippen molar-refractivity contribution >= 4 is 36.6 Å². The monoisotopic (exact) mass is 584 g/mol. The lowest BCUT2D eigenvalue weighted by Gasteiger charge is -2.25. The van der Waals surface area contributed by atoms with Crippen LogP contribution in [0.2, 0.25) is 0 Å². The quantitative estimate of drug-likeness (QED) is 0.191. The number of ether oxygens (including phenoxy) is 2. The Kier molecular flexibility index (Phi) is 7.44. The van der Waals surface area contributed by atoms with Crippen LogP contribution in [0.4, 0.5) is 16.2 Å². The number of nitrogens with two attached hydrogens (primary N) is 1. The number of alkyl halides is 1. The molecule has 40 heavy (non-hydrogen) atoms. The van der Waals surface area contributed by atoms with Gasteiger partial charge in [0.1, 0.15) is 24.0 Å². The summed E-state index contributed by atoms with van der Waals surface area (Å²) >= 11 is 0. The fraction of sp³-hybridized carbons (Fsp3) is 0.500. The molecule has 1 saturated heterocycles. The molecular weight excluding hydrogens is 548 g/mol. The Bertz CT molecular complexity index is 1500. The summed E-state index contributed by atoms with van der Waals surface area (Å²) in [5.74, 6) is -0.691. The number of carbonyl (C=O) groups excluding carboxylic acids is 1. The Morgan fingerprint density at radius 3 is 2.73 bits per heavy atom. The van der Waals surface area contributed by atoms with Gasteiger partial charge in [-0.3, -0.25) is 13.9 Å². The molecule has 0 spiro atoms. The molecule has 2 aromatic heterocycles. The SMILES string of the molecule is [2H]C([2H])([2H])[C@@]1(F)[C@H](O)[C@@H](COP(=O)(N[C@H](C)C(=O)OC(C)C)Oc2ccccc2)O[C@H]1n1cnc2c(NC)nc(N)nc21. The Morgan fingerprint density at radius 2 is 2.08 bits per heavy atom. The molecule has 1 aromatic carbocycles. The highest BCUT2D eigenvalue weighted by molar-refractivity contribution is 7.52. The van der Waals surface area contributed by atoms with Crippen LogP contribution in [-0.2, 0) is 23.4 Å². The van der Waals surface area contributed by atoms with Gasteiger partial charge in [-0.05, 0) is 39.8 Å². The van der Waals surface area contributed by atoms with Gasteiger partial charge in [-0.15, -0.1) is 0 Å². The van der Waals surface area contributed by atoms with E-state index in [1.807, 2.05) is 0 Å². The number of benzene rings is 1. The molecule has 6 atom stereocenters. The number of anilines is 2. The number of esters is 1. The van der Waals surface area contributed by atoms with Gasteiger partial charge in [0.2, 0.25) is 5.95 Å². The Morgan fingerprint density at radius 1 is 1.35 bits per heavy atom. The number of nitrogen functional groups attached to an aromatic ring is 1. The van der Waals surface area contributed by atoms with E-state index in [0.29, 0.717) is 0 Å². The number of halogens is 1. The van der Waals surface area contributed by atoms with Crippen molar-refractivity contribution in [2.75, 3.05) is 24.7 Å². The minimum atomic E-state index is -4.46. The van der Waals surface area contributed by atoms with E-state index in [9.17, 15) is 14.5 Å². The van der Waals surface area contributed by atoms with E-state index in [4.69, 9.17) is 28.4 Å². The summed E-state index contributed by atoms with van der Waals surface area (Å²) in [7, 11) is -2.92. The van der Waals surface area contributed by atoms with Crippen molar-refractivity contribution in [1.29, 1.82) is 0 Å². The molecule has 3 heterocycles. The minimum Gasteiger partial charge on any atom is -0.462 e. The summed E-state index contributed by atoms with van der Waals surface area (Å²) in [5.41, 5.74) is 2.43. The minimum absolute atomic E-state index is 0.0702. The van der Waals surface area contributed by atoms with E-state index >= 15 is 4.39 Å². The van der Waals surface area contributed by atoms with Crippen LogP contribution in [0.15, 0.2) is 36.7 Å². The highest BCUT2D eigenvalue weighted by atomic mass is 31.2. The molecule has 0 amide bonds. The number of nitrogens with zero attached hydrogens (tertiary/aromatic N) is 4. The lowest BCUT2D eigenvalue weighted by atomic mass is 9.98. The van der Waals surface area contributed by atoms with Crippen molar-refractivity contribution in [2.45, 2.75) is 63.9 Å². The third-order valence-corrected chi connectivity index (χ3v) is 7.45. The van der Waals surface area contributed by atoms with Gasteiger partial charge < -0.3 is 30.2 Å². The molecule has 218 valence electrons. The number of nitrogens with one attached hydrogen (secondary N) is 2. The number of aliphatic hydroxyl groups is 1. The molecule has 0 aliphatic carbocycles. The Labute approximate surface area is 234 Å². The number of imidazole rings is 1. The fourth-order valence-corrected chi connectivity index (χ4v) is 5.44. The molecule has 1 fully saturated rings. The molecule has 5 N–H and O–H groups in total. The molecule has 0 bridgehead atoms. The van der Waals surface area contributed by atoms with Crippen LogP contribution in [0.5, 0.6) is 5.75 Å². The number of aliphatic hydroxyl groups excluding tert-OH is 1. The molecule has 14 nitrogen and oxygen atoms in total. The molecule has 3 aromatic rings. The predicted octanol–water partition coefficient (Wildman–Crippen LogP) is 2.57. The van der Waals surface area contributed by atoms with Gasteiger partial charge in [0.15, 0.2) is 28.9 Å². The first-order valence-electron chi connectivity index (χ1n) is 13.8. The molecule has 1 unspecified atom stereocenters. The van der Waals surface area contributed by atoms with E-state index in [1.165, 1.54) is 19.1 Å². The van der Waals surface area contributed by atoms with Gasteiger partial charge in [0, 0.05) is 11.2 Å². The van der Waals surface area contributed by atoms with E-state index in [0.717, 1.165) is 10.9 Å². The van der Waals surface area contributed by atoms with Gasteiger partial charge >= 0.3 is 13.7 Å². The zero-order chi connectivity index (χ0) is 31.7. The third kappa shape index (κ3) is 6.18. The largest absolute Gasteiger partial charge is 0.462 e. The summed E-state index contributed by atoms with van der Waals surface area (Å²) in [6, 6.07) is 6.65. The highest BCUT2D eigenvalue weighted by Crippen LogP contribution is 2.48. The van der Waals surface area contributed by atoms with Crippen molar-refractivity contribution < 1.29 is 41.5 Å². The summed E-state index contributed by atoms with van der Waals surface area (Å²) in [6.45, 7) is 0.380. The molecule has 1 aliphatic heterocycles. The second-order valence-corrected chi connectivity index (χ2v) is 11.0. The number of carbonyl (C=O) groups is 1. The summed E-state index contributed by atoms with van der Waals surface area (Å²) < 4.78 is 77.2. The standard InChI is InChI=1S/C24H33FN7O7P/c1-13(2)37-21(34)14(3)31-40(35,39-15-9-7-6-8-10-15)36-11-16-18(33)24(4,25)22(38-16)32-12-28-17-19(27-5)29-23(26)30-20(17)32/h6-10,12-14,16,18,22,33H,11H2,1-5H3,(H,31,35)(H3,26,27,29,30)/t14-,16-,18-,22-,24-,40?/m1/s1/i4D3. The van der Waals surface area contributed by atoms with E-state index < -0.39 is 63.4 Å². The normalized spacial score (nSPS) is 26.5. The predicted molar refractivity (Wildman–Crippen MR) is 143 cm³/mol. The zero-order valence-electron chi connectivity index (χ0n) is 25.1. The van der Waals surface area contributed by atoms with Crippen LogP contribution >= 0.6 is 7.75 Å². The van der Waals surface area contributed by atoms with Crippen LogP contribution in [0.3, 0.4) is 0 Å². The van der Waals surface area contributed by atoms with Gasteiger partial charge in [-0.2, -0.15) is 15.1 Å². The third-order valence-electron chi connectivity index (χ3n) is 5.81. The molecule has 0 radical (unpaired) electrons. The average molecular weight is 585 g/mol. The van der Waals surface area contributed by atoms with Crippen LogP contribution < -0.4 is 20.7 Å². The number of rotatable bonds is 11. The van der Waals surface area contributed by atoms with E-state index in [-0.39, 0.29) is 28.7 Å². The number of hydrogen-bond acceptors (Lipinski definition) is 12. The topological polar surface area (TPSA) is 185 Å². The number of para-hydroxylation sites is 1. The first kappa shape index (κ1) is 25.6. The highest BCUT2D eigenvalue weighted by Gasteiger charge is 2.56. The first-order chi connectivity index (χ1) is 20.1. The maximum Gasteiger partial charge on any atom is 0.459 e. The van der Waals surface area contributed by atoms with Crippen molar-refractivity contribution in [1.82, 2.24) is 24.6 Å². The van der Waals surface area contributed by atoms with E-state index in [1.54, 1.807) is 39.1 Å². The lowest BCUT2D eigenvalue weighted by Crippen LogP contribution is -2.41. The van der Waals surface area contributed by atoms with Crippen molar-refractivity contribution in [2.24, 2.45) is 0 Å². The van der Waals surface area contributed by atoms with Crippen LogP contribution in [-0.4, -0.2) is 74.3 Å². The summed E-state index contributed by atoms with van der Waals surface area (Å²) in [4.78, 5) is 24.6. The van der Waals surface area contributed by atoms with Crippen LogP contribution in [0.25, 0.3) is 11.2 Å². The van der Waals surface area contributed by atoms with Crippen LogP contribution in [0.1, 0.15) is 38.0 Å². The number of fused-ring (bicyclic) bond motifs is 1. The molecule has 16 heteroatoms. The van der Waals surface area contributed by atoms with Crippen LogP contribution in [0, 0.1) is 0 Å². The second-order valence-electron chi connectivity index (χ2n) is 9.28. The molecule has 0 saturated carbocycles. The zero-order valence-corrected chi connectivity index (χ0v) is 23.0. The molecular formula is C24H33FN7O7P. The Hall–Kier alpha value is -3.36. The Balaban J connectivity index is 1.65. The number of aromatic nitrogens is 4. The molecule has 1 aliphatic rings. The average Bonchev–Trinajstić information content (AvgIpc) is 3.45. The summed E-state index contributed by atoms with van der Waals surface area (Å²) in [6.07, 6.45) is -5.40. The van der Waals surface area contributed by atoms with E-state index in [2.05, 4.69) is 25.4 Å². The van der Waals surface area contributed by atoms with Gasteiger partial charge in [-0.25, -0.2) is 13.9 Å².